The Hall–Kier alpha value is -3.13. The lowest BCUT2D eigenvalue weighted by atomic mass is 10.0. The number of imidazole rings is 1. The zero-order valence-electron chi connectivity index (χ0n) is 20.4. The molecule has 0 bridgehead atoms. The maximum absolute atomic E-state index is 6.63. The first kappa shape index (κ1) is 23.3. The van der Waals surface area contributed by atoms with Gasteiger partial charge in [0.2, 0.25) is 0 Å². The molecule has 2 aromatic carbocycles. The molecule has 2 saturated heterocycles. The number of halogens is 1. The Morgan fingerprint density at radius 1 is 0.972 bits per heavy atom. The lowest BCUT2D eigenvalue weighted by Gasteiger charge is -2.21. The molecule has 2 aliphatic heterocycles. The van der Waals surface area contributed by atoms with Crippen molar-refractivity contribution in [3.8, 4) is 28.4 Å². The van der Waals surface area contributed by atoms with Crippen LogP contribution < -0.4 is 9.64 Å². The fraction of sp³-hybridized carbons (Fsp3) is 0.357. The number of nitrogens with one attached hydrogen (secondary N) is 1. The molecule has 6 rings (SSSR count). The number of aromatic nitrogens is 3. The van der Waals surface area contributed by atoms with Gasteiger partial charge in [0, 0.05) is 30.9 Å². The second-order valence-electron chi connectivity index (χ2n) is 9.18. The van der Waals surface area contributed by atoms with Gasteiger partial charge in [-0.15, -0.1) is 0 Å². The van der Waals surface area contributed by atoms with Crippen LogP contribution >= 0.6 is 11.6 Å². The zero-order chi connectivity index (χ0) is 24.6. The minimum absolute atomic E-state index is 0.0442. The Morgan fingerprint density at radius 2 is 1.67 bits per heavy atom. The van der Waals surface area contributed by atoms with Crippen molar-refractivity contribution in [3.63, 3.8) is 0 Å². The number of nitrogens with zero attached hydrogens (tertiary/aromatic N) is 3. The molecule has 2 fully saturated rings. The van der Waals surface area contributed by atoms with Gasteiger partial charge in [-0.3, -0.25) is 0 Å². The van der Waals surface area contributed by atoms with Crippen LogP contribution in [0.4, 0.5) is 5.69 Å². The summed E-state index contributed by atoms with van der Waals surface area (Å²) < 4.78 is 17.6. The average molecular weight is 505 g/mol. The van der Waals surface area contributed by atoms with Gasteiger partial charge in [-0.2, -0.15) is 4.98 Å². The fourth-order valence-electron chi connectivity index (χ4n) is 5.10. The number of rotatable bonds is 7. The molecule has 0 radical (unpaired) electrons. The summed E-state index contributed by atoms with van der Waals surface area (Å²) in [6.45, 7) is 7.54. The monoisotopic (exact) mass is 504 g/mol. The Balaban J connectivity index is 1.21. The predicted molar refractivity (Wildman–Crippen MR) is 142 cm³/mol. The number of benzene rings is 2. The molecule has 2 aliphatic rings. The van der Waals surface area contributed by atoms with Crippen LogP contribution in [0.1, 0.15) is 20.3 Å². The number of aromatic amines is 1. The lowest BCUT2D eigenvalue weighted by Crippen LogP contribution is -2.32. The number of fused-ring (bicyclic) bond motifs is 2. The van der Waals surface area contributed by atoms with Crippen LogP contribution in [-0.4, -0.2) is 59.6 Å². The highest BCUT2D eigenvalue weighted by Gasteiger charge is 2.43. The van der Waals surface area contributed by atoms with E-state index in [2.05, 4.69) is 65.1 Å². The molecular weight excluding hydrogens is 476 g/mol. The quantitative estimate of drug-likeness (QED) is 0.346. The third-order valence-electron chi connectivity index (χ3n) is 7.08. The summed E-state index contributed by atoms with van der Waals surface area (Å²) in [5.41, 5.74) is 6.46. The summed E-state index contributed by atoms with van der Waals surface area (Å²) in [4.78, 5) is 14.8. The number of ether oxygens (including phenoxy) is 3. The van der Waals surface area contributed by atoms with Gasteiger partial charge in [0.15, 0.2) is 11.8 Å². The lowest BCUT2D eigenvalue weighted by molar-refractivity contribution is 0.0273. The first-order valence-corrected chi connectivity index (χ1v) is 12.9. The normalized spacial score (nSPS) is 21.1. The SMILES string of the molecule is CCN(CC)c1ccc(-c2ccc(-c3nc4nc(OC5CO[C@@H]6CCO[C@H]56)[nH]c4cc3Cl)cc2)cc1. The molecular formula is C28H29ClN4O3. The number of hydrogen-bond acceptors (Lipinski definition) is 6. The topological polar surface area (TPSA) is 72.5 Å². The van der Waals surface area contributed by atoms with E-state index in [1.54, 1.807) is 0 Å². The molecule has 1 N–H and O–H groups in total. The van der Waals surface area contributed by atoms with E-state index in [1.165, 1.54) is 11.3 Å². The number of anilines is 1. The van der Waals surface area contributed by atoms with Gasteiger partial charge < -0.3 is 24.1 Å². The summed E-state index contributed by atoms with van der Waals surface area (Å²) in [7, 11) is 0. The maximum Gasteiger partial charge on any atom is 0.296 e. The van der Waals surface area contributed by atoms with Crippen LogP contribution in [0.2, 0.25) is 5.02 Å². The van der Waals surface area contributed by atoms with Crippen LogP contribution in [0.3, 0.4) is 0 Å². The molecule has 186 valence electrons. The van der Waals surface area contributed by atoms with Gasteiger partial charge in [0.05, 0.1) is 28.9 Å². The molecule has 8 heteroatoms. The molecule has 4 heterocycles. The third kappa shape index (κ3) is 4.32. The summed E-state index contributed by atoms with van der Waals surface area (Å²) in [6.07, 6.45) is 0.798. The number of H-pyrrole nitrogens is 1. The van der Waals surface area contributed by atoms with Crippen molar-refractivity contribution in [2.75, 3.05) is 31.2 Å². The molecule has 4 aromatic rings. The smallest absolute Gasteiger partial charge is 0.296 e. The first-order valence-electron chi connectivity index (χ1n) is 12.5. The van der Waals surface area contributed by atoms with Gasteiger partial charge in [-0.1, -0.05) is 48.0 Å². The van der Waals surface area contributed by atoms with Crippen molar-refractivity contribution < 1.29 is 14.2 Å². The molecule has 1 unspecified atom stereocenters. The molecule has 0 amide bonds. The Kier molecular flexibility index (Phi) is 6.29. The molecule has 7 nitrogen and oxygen atoms in total. The molecule has 3 atom stereocenters. The van der Waals surface area contributed by atoms with E-state index >= 15 is 0 Å². The van der Waals surface area contributed by atoms with E-state index in [9.17, 15) is 0 Å². The Labute approximate surface area is 215 Å². The molecule has 0 spiro atoms. The summed E-state index contributed by atoms with van der Waals surface area (Å²) >= 11 is 6.63. The third-order valence-corrected chi connectivity index (χ3v) is 7.36. The van der Waals surface area contributed by atoms with Crippen LogP contribution in [0, 0.1) is 0 Å². The molecule has 36 heavy (non-hydrogen) atoms. The molecule has 2 aromatic heterocycles. The van der Waals surface area contributed by atoms with Gasteiger partial charge in [-0.05, 0) is 49.6 Å². The second-order valence-corrected chi connectivity index (χ2v) is 9.59. The van der Waals surface area contributed by atoms with E-state index in [-0.39, 0.29) is 18.3 Å². The van der Waals surface area contributed by atoms with Crippen LogP contribution in [0.5, 0.6) is 6.01 Å². The molecule has 0 aliphatic carbocycles. The first-order chi connectivity index (χ1) is 17.6. The second kappa shape index (κ2) is 9.73. The van der Waals surface area contributed by atoms with Gasteiger partial charge in [0.1, 0.15) is 6.10 Å². The highest BCUT2D eigenvalue weighted by Crippen LogP contribution is 2.33. The van der Waals surface area contributed by atoms with Crippen molar-refractivity contribution in [2.24, 2.45) is 0 Å². The van der Waals surface area contributed by atoms with Gasteiger partial charge in [0.25, 0.3) is 6.01 Å². The summed E-state index contributed by atoms with van der Waals surface area (Å²) in [5.74, 6) is 0. The highest BCUT2D eigenvalue weighted by molar-refractivity contribution is 6.33. The average Bonchev–Trinajstić information content (AvgIpc) is 3.62. The van der Waals surface area contributed by atoms with Crippen molar-refractivity contribution in [2.45, 2.75) is 38.6 Å². The summed E-state index contributed by atoms with van der Waals surface area (Å²) in [5, 5.41) is 0.553. The van der Waals surface area contributed by atoms with E-state index in [1.807, 2.05) is 18.2 Å². The maximum atomic E-state index is 6.63. The van der Waals surface area contributed by atoms with E-state index in [0.29, 0.717) is 35.6 Å². The number of pyridine rings is 1. The van der Waals surface area contributed by atoms with Crippen molar-refractivity contribution in [1.29, 1.82) is 0 Å². The molecule has 0 saturated carbocycles. The van der Waals surface area contributed by atoms with E-state index in [0.717, 1.165) is 36.2 Å². The zero-order valence-corrected chi connectivity index (χ0v) is 21.2. The van der Waals surface area contributed by atoms with Gasteiger partial charge in [-0.25, -0.2) is 4.98 Å². The van der Waals surface area contributed by atoms with Crippen molar-refractivity contribution >= 4 is 28.5 Å². The van der Waals surface area contributed by atoms with Crippen LogP contribution in [-0.2, 0) is 9.47 Å². The Morgan fingerprint density at radius 3 is 2.39 bits per heavy atom. The largest absolute Gasteiger partial charge is 0.456 e. The van der Waals surface area contributed by atoms with E-state index < -0.39 is 0 Å². The standard InChI is InChI=1S/C28H29ClN4O3/c1-3-33(4-2)20-11-9-18(10-12-20)17-5-7-19(8-6-17)25-21(29)15-22-27(31-25)32-28(30-22)36-24-16-35-23-13-14-34-26(23)24/h5-12,15,23-24,26H,3-4,13-14,16H2,1-2H3,(H,30,31,32)/t23-,24?,26+/m1/s1. The van der Waals surface area contributed by atoms with Crippen LogP contribution in [0.15, 0.2) is 54.6 Å². The van der Waals surface area contributed by atoms with Crippen LogP contribution in [0.25, 0.3) is 33.5 Å². The minimum Gasteiger partial charge on any atom is -0.456 e. The predicted octanol–water partition coefficient (Wildman–Crippen LogP) is 5.73. The fourth-order valence-corrected chi connectivity index (χ4v) is 5.36. The highest BCUT2D eigenvalue weighted by atomic mass is 35.5. The summed E-state index contributed by atoms with van der Waals surface area (Å²) in [6, 6.07) is 19.2. The van der Waals surface area contributed by atoms with Gasteiger partial charge >= 0.3 is 0 Å². The number of hydrogen-bond donors (Lipinski definition) is 1. The van der Waals surface area contributed by atoms with Crippen molar-refractivity contribution in [3.05, 3.63) is 59.6 Å². The Bertz CT molecular complexity index is 1350. The van der Waals surface area contributed by atoms with Crippen molar-refractivity contribution in [1.82, 2.24) is 15.0 Å². The minimum atomic E-state index is -0.179. The van der Waals surface area contributed by atoms with E-state index in [4.69, 9.17) is 30.8 Å².